The fourth-order valence-electron chi connectivity index (χ4n) is 7.65. The highest BCUT2D eigenvalue weighted by Gasteiger charge is 2.76. The van der Waals surface area contributed by atoms with Crippen LogP contribution in [0.3, 0.4) is 0 Å². The molecular weight excluding hydrogens is 678 g/mol. The standard InChI is InChI=1S/C37H46BrN3O5S/c1-7-19-39(25-15-17-27(18-16-25)46-9-3)33(43)29-30-34(44)41(26(23-42)21-24-13-11-10-12-14-24)32(37(30)22-28(38)31(29)47-37)35(45)40(20-8-2)36(4,5)6/h7-8,10-18,26,28-32,42H,1-2,9,19-23H2,3-6H3/t26-,28?,29-,30+,31-,32?,37?/m1/s1. The van der Waals surface area contributed by atoms with E-state index in [4.69, 9.17) is 4.74 Å². The fraction of sp³-hybridized carbons (Fsp3) is 0.486. The lowest BCUT2D eigenvalue weighted by Gasteiger charge is -2.43. The highest BCUT2D eigenvalue weighted by molar-refractivity contribution is 9.09. The first kappa shape index (κ1) is 35.2. The average Bonchev–Trinajstić information content (AvgIpc) is 3.64. The van der Waals surface area contributed by atoms with Gasteiger partial charge in [0, 0.05) is 34.4 Å². The molecule has 0 radical (unpaired) electrons. The van der Waals surface area contributed by atoms with Crippen LogP contribution in [0, 0.1) is 11.8 Å². The Balaban J connectivity index is 1.61. The summed E-state index contributed by atoms with van der Waals surface area (Å²) in [4.78, 5) is 49.6. The van der Waals surface area contributed by atoms with E-state index in [1.54, 1.807) is 38.6 Å². The molecule has 3 heterocycles. The van der Waals surface area contributed by atoms with Crippen LogP contribution in [0.15, 0.2) is 79.9 Å². The number of hydrogen-bond donors (Lipinski definition) is 1. The molecule has 7 atom stereocenters. The summed E-state index contributed by atoms with van der Waals surface area (Å²) in [6.07, 6.45) is 4.32. The summed E-state index contributed by atoms with van der Waals surface area (Å²) in [5.74, 6) is -1.32. The number of halogens is 1. The van der Waals surface area contributed by atoms with E-state index in [1.165, 1.54) is 0 Å². The number of anilines is 1. The molecule has 3 aliphatic rings. The van der Waals surface area contributed by atoms with Gasteiger partial charge in [-0.3, -0.25) is 14.4 Å². The number of carbonyl (C=O) groups excluding carboxylic acids is 3. The highest BCUT2D eigenvalue weighted by Crippen LogP contribution is 2.68. The van der Waals surface area contributed by atoms with E-state index in [2.05, 4.69) is 29.1 Å². The number of benzene rings is 2. The summed E-state index contributed by atoms with van der Waals surface area (Å²) in [5, 5.41) is 10.6. The number of rotatable bonds is 13. The van der Waals surface area contributed by atoms with Gasteiger partial charge in [0.1, 0.15) is 11.8 Å². The van der Waals surface area contributed by atoms with Crippen molar-refractivity contribution in [3.05, 3.63) is 85.5 Å². The van der Waals surface area contributed by atoms with Crippen LogP contribution in [0.25, 0.3) is 0 Å². The molecule has 3 saturated heterocycles. The Kier molecular flexibility index (Phi) is 10.6. The van der Waals surface area contributed by atoms with Crippen LogP contribution in [0.5, 0.6) is 5.75 Å². The predicted molar refractivity (Wildman–Crippen MR) is 192 cm³/mol. The maximum Gasteiger partial charge on any atom is 0.247 e. The average molecular weight is 725 g/mol. The van der Waals surface area contributed by atoms with Crippen LogP contribution in [0.2, 0.25) is 0 Å². The Morgan fingerprint density at radius 2 is 1.77 bits per heavy atom. The van der Waals surface area contributed by atoms with Crippen molar-refractivity contribution < 1.29 is 24.2 Å². The van der Waals surface area contributed by atoms with E-state index in [0.29, 0.717) is 37.4 Å². The van der Waals surface area contributed by atoms with Gasteiger partial charge in [0.25, 0.3) is 0 Å². The second kappa shape index (κ2) is 14.2. The Labute approximate surface area is 291 Å². The van der Waals surface area contributed by atoms with Gasteiger partial charge in [-0.05, 0) is 70.4 Å². The van der Waals surface area contributed by atoms with Crippen molar-refractivity contribution in [1.29, 1.82) is 0 Å². The van der Waals surface area contributed by atoms with Crippen LogP contribution in [0.1, 0.15) is 39.7 Å². The molecule has 3 aliphatic heterocycles. The summed E-state index contributed by atoms with van der Waals surface area (Å²) in [6, 6.07) is 15.5. The minimum Gasteiger partial charge on any atom is -0.494 e. The van der Waals surface area contributed by atoms with Gasteiger partial charge in [-0.15, -0.1) is 24.9 Å². The quantitative estimate of drug-likeness (QED) is 0.217. The van der Waals surface area contributed by atoms with Crippen molar-refractivity contribution in [2.24, 2.45) is 11.8 Å². The van der Waals surface area contributed by atoms with E-state index >= 15 is 0 Å². The lowest BCUT2D eigenvalue weighted by atomic mass is 9.70. The highest BCUT2D eigenvalue weighted by atomic mass is 79.9. The normalized spacial score (nSPS) is 26.9. The van der Waals surface area contributed by atoms with E-state index in [-0.39, 0.29) is 41.0 Å². The third kappa shape index (κ3) is 6.41. The van der Waals surface area contributed by atoms with Crippen molar-refractivity contribution >= 4 is 51.1 Å². The van der Waals surface area contributed by atoms with E-state index in [9.17, 15) is 19.5 Å². The Hall–Kier alpha value is -3.08. The van der Waals surface area contributed by atoms with Gasteiger partial charge in [-0.2, -0.15) is 0 Å². The molecule has 3 unspecified atom stereocenters. The summed E-state index contributed by atoms with van der Waals surface area (Å²) >= 11 is 5.49. The molecule has 3 amide bonds. The lowest BCUT2D eigenvalue weighted by Crippen LogP contribution is -2.61. The largest absolute Gasteiger partial charge is 0.494 e. The summed E-state index contributed by atoms with van der Waals surface area (Å²) in [5.41, 5.74) is 1.08. The molecule has 252 valence electrons. The predicted octanol–water partition coefficient (Wildman–Crippen LogP) is 5.49. The Bertz CT molecular complexity index is 1480. The summed E-state index contributed by atoms with van der Waals surface area (Å²) in [6.45, 7) is 16.4. The molecule has 2 aromatic carbocycles. The minimum atomic E-state index is -0.869. The molecule has 2 bridgehead atoms. The molecule has 5 rings (SSSR count). The SMILES string of the molecule is C=CCN(C(=O)[C@H]1[C@@H]2SC3(CC2Br)C(C(=O)N(CC=C)C(C)(C)C)N([C@@H](CO)Cc2ccccc2)C(=O)[C@H]13)c1ccc(OCC)cc1. The van der Waals surface area contributed by atoms with E-state index < -0.39 is 34.2 Å². The van der Waals surface area contributed by atoms with E-state index in [0.717, 1.165) is 5.56 Å². The van der Waals surface area contributed by atoms with Crippen molar-refractivity contribution in [2.75, 3.05) is 31.2 Å². The Morgan fingerprint density at radius 3 is 2.34 bits per heavy atom. The molecule has 3 fully saturated rings. The second-order valence-electron chi connectivity index (χ2n) is 13.5. The van der Waals surface area contributed by atoms with Crippen LogP contribution in [0.4, 0.5) is 5.69 Å². The van der Waals surface area contributed by atoms with Gasteiger partial charge >= 0.3 is 0 Å². The van der Waals surface area contributed by atoms with E-state index in [1.807, 2.05) is 82.3 Å². The Morgan fingerprint density at radius 1 is 1.11 bits per heavy atom. The second-order valence-corrected chi connectivity index (χ2v) is 16.2. The maximum absolute atomic E-state index is 15.0. The lowest BCUT2D eigenvalue weighted by molar-refractivity contribution is -0.148. The van der Waals surface area contributed by atoms with Gasteiger partial charge < -0.3 is 24.5 Å². The molecule has 0 saturated carbocycles. The molecule has 1 spiro atoms. The number of likely N-dealkylation sites (tertiary alicyclic amines) is 1. The number of aliphatic hydroxyl groups excluding tert-OH is 1. The number of carbonyl (C=O) groups is 3. The fourth-order valence-corrected chi connectivity index (χ4v) is 11.2. The molecule has 47 heavy (non-hydrogen) atoms. The number of thioether (sulfide) groups is 1. The number of fused-ring (bicyclic) bond motifs is 1. The molecular formula is C37H46BrN3O5S. The number of amides is 3. The van der Waals surface area contributed by atoms with Gasteiger partial charge in [-0.25, -0.2) is 0 Å². The topological polar surface area (TPSA) is 90.4 Å². The molecule has 2 aromatic rings. The zero-order valence-corrected chi connectivity index (χ0v) is 30.1. The van der Waals surface area contributed by atoms with Crippen LogP contribution in [-0.4, -0.2) is 91.4 Å². The number of nitrogens with zero attached hydrogens (tertiary/aromatic N) is 3. The third-order valence-electron chi connectivity index (χ3n) is 9.59. The van der Waals surface area contributed by atoms with Crippen molar-refractivity contribution in [3.8, 4) is 5.75 Å². The van der Waals surface area contributed by atoms with Crippen LogP contribution < -0.4 is 9.64 Å². The van der Waals surface area contributed by atoms with Crippen molar-refractivity contribution in [2.45, 2.75) is 73.0 Å². The first-order valence-electron chi connectivity index (χ1n) is 16.3. The third-order valence-corrected chi connectivity index (χ3v) is 12.8. The number of ether oxygens (including phenoxy) is 1. The smallest absolute Gasteiger partial charge is 0.247 e. The zero-order chi connectivity index (χ0) is 34.1. The molecule has 10 heteroatoms. The van der Waals surface area contributed by atoms with Crippen molar-refractivity contribution in [1.82, 2.24) is 9.80 Å². The van der Waals surface area contributed by atoms with Crippen LogP contribution >= 0.6 is 27.7 Å². The van der Waals surface area contributed by atoms with Gasteiger partial charge in [0.05, 0.1) is 35.8 Å². The summed E-state index contributed by atoms with van der Waals surface area (Å²) in [7, 11) is 0. The molecule has 0 aromatic heterocycles. The van der Waals surface area contributed by atoms with Gasteiger partial charge in [-0.1, -0.05) is 58.4 Å². The monoisotopic (exact) mass is 723 g/mol. The molecule has 8 nitrogen and oxygen atoms in total. The first-order chi connectivity index (χ1) is 22.4. The van der Waals surface area contributed by atoms with Crippen LogP contribution in [-0.2, 0) is 20.8 Å². The van der Waals surface area contributed by atoms with Gasteiger partial charge in [0.15, 0.2) is 0 Å². The minimum absolute atomic E-state index is 0.0872. The number of aliphatic hydroxyl groups is 1. The van der Waals surface area contributed by atoms with Gasteiger partial charge in [0.2, 0.25) is 17.7 Å². The number of alkyl halides is 1. The number of hydrogen-bond acceptors (Lipinski definition) is 6. The summed E-state index contributed by atoms with van der Waals surface area (Å²) < 4.78 is 4.76. The molecule has 0 aliphatic carbocycles. The zero-order valence-electron chi connectivity index (χ0n) is 27.7. The first-order valence-corrected chi connectivity index (χ1v) is 18.1. The molecule has 1 N–H and O–H groups in total. The maximum atomic E-state index is 15.0. The van der Waals surface area contributed by atoms with Crippen molar-refractivity contribution in [3.63, 3.8) is 0 Å².